The van der Waals surface area contributed by atoms with E-state index in [1.807, 2.05) is 21.9 Å². The molecule has 2 aliphatic rings. The lowest BCUT2D eigenvalue weighted by atomic mass is 9.95. The molecule has 0 saturated carbocycles. The Hall–Kier alpha value is -3.82. The van der Waals surface area contributed by atoms with E-state index >= 15 is 0 Å². The molecule has 3 aromatic rings. The van der Waals surface area contributed by atoms with Crippen molar-refractivity contribution in [2.45, 2.75) is 12.8 Å². The van der Waals surface area contributed by atoms with Gasteiger partial charge in [-0.3, -0.25) is 4.79 Å². The third-order valence-electron chi connectivity index (χ3n) is 6.95. The van der Waals surface area contributed by atoms with Gasteiger partial charge >= 0.3 is 6.01 Å². The number of piperidine rings is 1. The van der Waals surface area contributed by atoms with E-state index in [4.69, 9.17) is 14.0 Å². The standard InChI is InChI=1S/C26H30FN5O4/c1-34-22-8-3-19(17-23(22)35-2)24-28-26(36-29-24)32-11-9-18(10-12-32)25(33)31-15-13-30(14-16-31)21-6-4-20(27)5-7-21/h3-8,17-18H,9-16H2,1-2H3. The topological polar surface area (TPSA) is 84.2 Å². The van der Waals surface area contributed by atoms with E-state index in [1.165, 1.54) is 12.1 Å². The molecule has 5 rings (SSSR count). The van der Waals surface area contributed by atoms with Gasteiger partial charge in [0.2, 0.25) is 11.7 Å². The number of methoxy groups -OCH3 is 2. The van der Waals surface area contributed by atoms with Gasteiger partial charge in [0.05, 0.1) is 14.2 Å². The van der Waals surface area contributed by atoms with Crippen molar-refractivity contribution >= 4 is 17.6 Å². The normalized spacial score (nSPS) is 16.8. The molecule has 9 nitrogen and oxygen atoms in total. The second-order valence-electron chi connectivity index (χ2n) is 9.02. The number of carbonyl (C=O) groups excluding carboxylic acids is 1. The highest BCUT2D eigenvalue weighted by molar-refractivity contribution is 5.79. The molecule has 0 N–H and O–H groups in total. The maximum atomic E-state index is 13.2. The number of halogens is 1. The average Bonchev–Trinajstić information content (AvgIpc) is 3.43. The molecule has 2 aliphatic heterocycles. The molecule has 0 bridgehead atoms. The van der Waals surface area contributed by atoms with Crippen LogP contribution in [0.1, 0.15) is 12.8 Å². The van der Waals surface area contributed by atoms with E-state index in [-0.39, 0.29) is 17.6 Å². The number of nitrogens with zero attached hydrogens (tertiary/aromatic N) is 5. The number of aromatic nitrogens is 2. The zero-order valence-electron chi connectivity index (χ0n) is 20.5. The van der Waals surface area contributed by atoms with Gasteiger partial charge in [0.25, 0.3) is 0 Å². The van der Waals surface area contributed by atoms with Gasteiger partial charge in [0, 0.05) is 56.4 Å². The van der Waals surface area contributed by atoms with Gasteiger partial charge in [0.1, 0.15) is 5.82 Å². The summed E-state index contributed by atoms with van der Waals surface area (Å²) in [6.45, 7) is 4.21. The van der Waals surface area contributed by atoms with Crippen LogP contribution in [-0.4, -0.2) is 74.4 Å². The minimum absolute atomic E-state index is 0.00753. The molecule has 2 aromatic carbocycles. The summed E-state index contributed by atoms with van der Waals surface area (Å²) in [5, 5.41) is 4.13. The van der Waals surface area contributed by atoms with Crippen LogP contribution in [0.2, 0.25) is 0 Å². The number of anilines is 2. The van der Waals surface area contributed by atoms with Crippen LogP contribution < -0.4 is 19.3 Å². The molecular weight excluding hydrogens is 465 g/mol. The van der Waals surface area contributed by atoms with Crippen molar-refractivity contribution in [1.82, 2.24) is 15.0 Å². The second-order valence-corrected chi connectivity index (χ2v) is 9.02. The molecule has 3 heterocycles. The summed E-state index contributed by atoms with van der Waals surface area (Å²) >= 11 is 0. The zero-order valence-corrected chi connectivity index (χ0v) is 20.5. The smallest absolute Gasteiger partial charge is 0.324 e. The maximum Gasteiger partial charge on any atom is 0.324 e. The van der Waals surface area contributed by atoms with E-state index in [0.29, 0.717) is 49.5 Å². The van der Waals surface area contributed by atoms with Crippen LogP contribution in [0, 0.1) is 11.7 Å². The molecule has 0 aliphatic carbocycles. The summed E-state index contributed by atoms with van der Waals surface area (Å²) in [5.74, 6) is 1.67. The Bertz CT molecular complexity index is 1190. The van der Waals surface area contributed by atoms with Crippen molar-refractivity contribution in [3.05, 3.63) is 48.3 Å². The van der Waals surface area contributed by atoms with E-state index in [0.717, 1.165) is 37.2 Å². The zero-order chi connectivity index (χ0) is 25.1. The average molecular weight is 496 g/mol. The molecule has 0 atom stereocenters. The first-order valence-electron chi connectivity index (χ1n) is 12.2. The Balaban J connectivity index is 1.14. The molecular formula is C26H30FN5O4. The summed E-state index contributed by atoms with van der Waals surface area (Å²) in [4.78, 5) is 23.9. The minimum Gasteiger partial charge on any atom is -0.493 e. The molecule has 1 amide bonds. The van der Waals surface area contributed by atoms with Gasteiger partial charge in [-0.05, 0) is 55.3 Å². The van der Waals surface area contributed by atoms with Crippen molar-refractivity contribution in [3.8, 4) is 22.9 Å². The highest BCUT2D eigenvalue weighted by Crippen LogP contribution is 2.32. The number of hydrogen-bond acceptors (Lipinski definition) is 8. The monoisotopic (exact) mass is 495 g/mol. The fourth-order valence-electron chi connectivity index (χ4n) is 4.85. The number of rotatable bonds is 6. The van der Waals surface area contributed by atoms with Crippen LogP contribution in [0.15, 0.2) is 47.0 Å². The lowest BCUT2D eigenvalue weighted by Gasteiger charge is -2.39. The SMILES string of the molecule is COc1ccc(-c2noc(N3CCC(C(=O)N4CCN(c5ccc(F)cc5)CC4)CC3)n2)cc1OC. The Morgan fingerprint density at radius 1 is 0.917 bits per heavy atom. The number of hydrogen-bond donors (Lipinski definition) is 0. The minimum atomic E-state index is -0.239. The third kappa shape index (κ3) is 4.93. The molecule has 2 saturated heterocycles. The van der Waals surface area contributed by atoms with Crippen LogP contribution >= 0.6 is 0 Å². The van der Waals surface area contributed by atoms with Gasteiger partial charge < -0.3 is 28.7 Å². The molecule has 0 radical (unpaired) electrons. The van der Waals surface area contributed by atoms with Gasteiger partial charge in [-0.15, -0.1) is 0 Å². The highest BCUT2D eigenvalue weighted by Gasteiger charge is 2.32. The molecule has 0 spiro atoms. The van der Waals surface area contributed by atoms with Crippen LogP contribution in [-0.2, 0) is 4.79 Å². The van der Waals surface area contributed by atoms with Crippen molar-refractivity contribution in [1.29, 1.82) is 0 Å². The van der Waals surface area contributed by atoms with Crippen LogP contribution in [0.3, 0.4) is 0 Å². The van der Waals surface area contributed by atoms with Crippen LogP contribution in [0.4, 0.5) is 16.1 Å². The van der Waals surface area contributed by atoms with E-state index in [9.17, 15) is 9.18 Å². The summed E-state index contributed by atoms with van der Waals surface area (Å²) < 4.78 is 29.4. The predicted octanol–water partition coefficient (Wildman–Crippen LogP) is 3.46. The number of carbonyl (C=O) groups is 1. The second kappa shape index (κ2) is 10.4. The summed E-state index contributed by atoms with van der Waals surface area (Å²) in [7, 11) is 3.17. The fraction of sp³-hybridized carbons (Fsp3) is 0.423. The maximum absolute atomic E-state index is 13.2. The largest absolute Gasteiger partial charge is 0.493 e. The van der Waals surface area contributed by atoms with E-state index in [1.54, 1.807) is 32.4 Å². The molecule has 190 valence electrons. The van der Waals surface area contributed by atoms with Gasteiger partial charge in [-0.25, -0.2) is 4.39 Å². The van der Waals surface area contributed by atoms with Gasteiger partial charge in [-0.1, -0.05) is 5.16 Å². The van der Waals surface area contributed by atoms with Crippen LogP contribution in [0.25, 0.3) is 11.4 Å². The molecule has 10 heteroatoms. The number of piperazine rings is 1. The summed E-state index contributed by atoms with van der Waals surface area (Å²) in [5.41, 5.74) is 1.76. The Kier molecular flexibility index (Phi) is 6.92. The third-order valence-corrected chi connectivity index (χ3v) is 6.95. The van der Waals surface area contributed by atoms with Gasteiger partial charge in [0.15, 0.2) is 11.5 Å². The Labute approximate surface area is 209 Å². The van der Waals surface area contributed by atoms with E-state index < -0.39 is 0 Å². The Morgan fingerprint density at radius 2 is 1.61 bits per heavy atom. The molecule has 0 unspecified atom stereocenters. The number of amides is 1. The lowest BCUT2D eigenvalue weighted by molar-refractivity contribution is -0.136. The van der Waals surface area contributed by atoms with Crippen molar-refractivity contribution in [2.75, 3.05) is 63.3 Å². The van der Waals surface area contributed by atoms with Crippen molar-refractivity contribution < 1.29 is 23.2 Å². The Morgan fingerprint density at radius 3 is 2.28 bits per heavy atom. The van der Waals surface area contributed by atoms with E-state index in [2.05, 4.69) is 15.0 Å². The number of ether oxygens (including phenoxy) is 2. The summed E-state index contributed by atoms with van der Waals surface area (Å²) in [6, 6.07) is 12.5. The first-order valence-corrected chi connectivity index (χ1v) is 12.2. The van der Waals surface area contributed by atoms with Gasteiger partial charge in [-0.2, -0.15) is 4.98 Å². The first kappa shape index (κ1) is 23.9. The predicted molar refractivity (Wildman–Crippen MR) is 133 cm³/mol. The molecule has 2 fully saturated rings. The highest BCUT2D eigenvalue weighted by atomic mass is 19.1. The number of benzene rings is 2. The lowest BCUT2D eigenvalue weighted by Crippen LogP contribution is -2.51. The summed E-state index contributed by atoms with van der Waals surface area (Å²) in [6.07, 6.45) is 1.48. The van der Waals surface area contributed by atoms with Crippen molar-refractivity contribution in [3.63, 3.8) is 0 Å². The fourth-order valence-corrected chi connectivity index (χ4v) is 4.85. The quantitative estimate of drug-likeness (QED) is 0.514. The molecule has 1 aromatic heterocycles. The first-order chi connectivity index (χ1) is 17.6. The molecule has 36 heavy (non-hydrogen) atoms. The van der Waals surface area contributed by atoms with Crippen molar-refractivity contribution in [2.24, 2.45) is 5.92 Å². The van der Waals surface area contributed by atoms with Crippen LogP contribution in [0.5, 0.6) is 11.5 Å².